The van der Waals surface area contributed by atoms with Gasteiger partial charge in [0.1, 0.15) is 6.17 Å². The van der Waals surface area contributed by atoms with Crippen molar-refractivity contribution >= 4 is 31.8 Å². The van der Waals surface area contributed by atoms with Crippen LogP contribution >= 0.6 is 31.8 Å². The molecular weight excluding hydrogens is 272 g/mol. The Morgan fingerprint density at radius 3 is 3.09 bits per heavy atom. The van der Waals surface area contributed by atoms with E-state index in [0.717, 1.165) is 0 Å². The summed E-state index contributed by atoms with van der Waals surface area (Å²) in [5.74, 6) is 0.378. The maximum atomic E-state index is 3.26. The van der Waals surface area contributed by atoms with Gasteiger partial charge in [-0.3, -0.25) is 0 Å². The Morgan fingerprint density at radius 2 is 2.36 bits per heavy atom. The maximum absolute atomic E-state index is 3.26. The Kier molecular flexibility index (Phi) is 1.97. The van der Waals surface area contributed by atoms with Crippen LogP contribution in [0.5, 0.6) is 0 Å². The van der Waals surface area contributed by atoms with E-state index in [1.165, 1.54) is 3.70 Å². The number of nitrogens with zero attached hydrogens (tertiary/aromatic N) is 1. The Bertz CT molecular complexity index is 228. The van der Waals surface area contributed by atoms with Crippen molar-refractivity contribution in [3.05, 3.63) is 22.3 Å². The highest BCUT2D eigenvalue weighted by Gasteiger charge is 2.28. The first kappa shape index (κ1) is 7.68. The molecular formula is C6H9IN3P. The van der Waals surface area contributed by atoms with Gasteiger partial charge in [-0.25, -0.2) is 0 Å². The second-order valence-corrected chi connectivity index (χ2v) is 4.32. The van der Waals surface area contributed by atoms with Gasteiger partial charge in [-0.2, -0.15) is 0 Å². The van der Waals surface area contributed by atoms with E-state index in [1.807, 2.05) is 12.4 Å². The van der Waals surface area contributed by atoms with Crippen molar-refractivity contribution in [2.75, 3.05) is 0 Å². The van der Waals surface area contributed by atoms with Gasteiger partial charge in [0, 0.05) is 18.6 Å². The van der Waals surface area contributed by atoms with Crippen molar-refractivity contribution in [1.29, 1.82) is 0 Å². The minimum Gasteiger partial charge on any atom is -0.379 e. The molecule has 0 spiro atoms. The quantitative estimate of drug-likeness (QED) is 0.389. The highest BCUT2D eigenvalue weighted by molar-refractivity contribution is 14.1. The Labute approximate surface area is 81.6 Å². The number of rotatable bonds is 0. The van der Waals surface area contributed by atoms with Gasteiger partial charge < -0.3 is 15.5 Å². The molecule has 2 N–H and O–H groups in total. The molecule has 0 saturated heterocycles. The summed E-state index contributed by atoms with van der Waals surface area (Å²) in [5.41, 5.74) is 0. The number of halogens is 1. The van der Waals surface area contributed by atoms with Crippen LogP contribution in [0.1, 0.15) is 0 Å². The fraction of sp³-hybridized carbons (Fsp3) is 0.333. The lowest BCUT2D eigenvalue weighted by Crippen LogP contribution is -2.49. The van der Waals surface area contributed by atoms with E-state index in [2.05, 4.69) is 53.6 Å². The molecule has 0 bridgehead atoms. The third kappa shape index (κ3) is 1.22. The maximum Gasteiger partial charge on any atom is 0.127 e. The summed E-state index contributed by atoms with van der Waals surface area (Å²) in [7, 11) is 2.77. The Morgan fingerprint density at radius 1 is 1.55 bits per heavy atom. The van der Waals surface area contributed by atoms with Crippen LogP contribution in [-0.2, 0) is 0 Å². The standard InChI is InChI=1S/C6H9IN3P/c7-4-3-9-6(11)5-8-1-2-10(4)5/h1-3,5-6,8-9H,11H2. The van der Waals surface area contributed by atoms with Crippen molar-refractivity contribution in [2.24, 2.45) is 0 Å². The molecule has 2 aliphatic heterocycles. The summed E-state index contributed by atoms with van der Waals surface area (Å²) < 4.78 is 1.22. The molecule has 0 aromatic carbocycles. The monoisotopic (exact) mass is 281 g/mol. The van der Waals surface area contributed by atoms with Gasteiger partial charge >= 0.3 is 0 Å². The number of hydrogen-bond acceptors (Lipinski definition) is 3. The molecule has 2 aliphatic rings. The number of fused-ring (bicyclic) bond motifs is 1. The lowest BCUT2D eigenvalue weighted by Gasteiger charge is -2.34. The fourth-order valence-corrected chi connectivity index (χ4v) is 2.24. The zero-order chi connectivity index (χ0) is 7.84. The average Bonchev–Trinajstić information content (AvgIpc) is 2.45. The lowest BCUT2D eigenvalue weighted by molar-refractivity contribution is 0.317. The van der Waals surface area contributed by atoms with Gasteiger partial charge in [-0.1, -0.05) is 0 Å². The Balaban J connectivity index is 2.25. The van der Waals surface area contributed by atoms with E-state index in [-0.39, 0.29) is 0 Å². The minimum atomic E-state index is 0.358. The van der Waals surface area contributed by atoms with Gasteiger partial charge in [-0.05, 0) is 22.6 Å². The van der Waals surface area contributed by atoms with Crippen molar-refractivity contribution in [3.63, 3.8) is 0 Å². The van der Waals surface area contributed by atoms with E-state index >= 15 is 0 Å². The molecule has 3 unspecified atom stereocenters. The van der Waals surface area contributed by atoms with Gasteiger partial charge in [0.25, 0.3) is 0 Å². The highest BCUT2D eigenvalue weighted by atomic mass is 127. The first-order valence-electron chi connectivity index (χ1n) is 3.37. The smallest absolute Gasteiger partial charge is 0.127 e. The zero-order valence-corrected chi connectivity index (χ0v) is 9.10. The van der Waals surface area contributed by atoms with Crippen LogP contribution in [0.15, 0.2) is 22.3 Å². The van der Waals surface area contributed by atoms with Gasteiger partial charge in [0.05, 0.1) is 9.49 Å². The minimum absolute atomic E-state index is 0.358. The van der Waals surface area contributed by atoms with E-state index < -0.39 is 0 Å². The first-order valence-corrected chi connectivity index (χ1v) is 5.12. The van der Waals surface area contributed by atoms with Crippen molar-refractivity contribution in [2.45, 2.75) is 11.9 Å². The predicted octanol–water partition coefficient (Wildman–Crippen LogP) is 0.727. The molecule has 2 rings (SSSR count). The molecule has 0 aliphatic carbocycles. The van der Waals surface area contributed by atoms with Crippen molar-refractivity contribution in [1.82, 2.24) is 15.5 Å². The van der Waals surface area contributed by atoms with Gasteiger partial charge in [-0.15, -0.1) is 9.24 Å². The van der Waals surface area contributed by atoms with E-state index in [1.54, 1.807) is 0 Å². The fourth-order valence-electron chi connectivity index (χ4n) is 1.21. The summed E-state index contributed by atoms with van der Waals surface area (Å²) >= 11 is 2.31. The Hall–Kier alpha value is 0.0400. The summed E-state index contributed by atoms with van der Waals surface area (Å²) in [4.78, 5) is 2.20. The summed E-state index contributed by atoms with van der Waals surface area (Å²) in [6.45, 7) is 0. The molecule has 0 saturated carbocycles. The van der Waals surface area contributed by atoms with Crippen LogP contribution < -0.4 is 10.6 Å². The molecule has 3 nitrogen and oxygen atoms in total. The summed E-state index contributed by atoms with van der Waals surface area (Å²) in [6.07, 6.45) is 6.41. The molecule has 0 fully saturated rings. The lowest BCUT2D eigenvalue weighted by atomic mass is 10.4. The van der Waals surface area contributed by atoms with Crippen molar-refractivity contribution in [3.8, 4) is 0 Å². The molecule has 3 atom stereocenters. The van der Waals surface area contributed by atoms with E-state index in [4.69, 9.17) is 0 Å². The number of hydrogen-bond donors (Lipinski definition) is 2. The molecule has 0 amide bonds. The van der Waals surface area contributed by atoms with E-state index in [0.29, 0.717) is 11.9 Å². The van der Waals surface area contributed by atoms with Crippen LogP contribution in [0.25, 0.3) is 0 Å². The normalized spacial score (nSPS) is 34.0. The highest BCUT2D eigenvalue weighted by Crippen LogP contribution is 2.26. The summed E-state index contributed by atoms with van der Waals surface area (Å²) in [6, 6.07) is 0. The van der Waals surface area contributed by atoms with Crippen LogP contribution in [0.4, 0.5) is 0 Å². The van der Waals surface area contributed by atoms with Crippen molar-refractivity contribution < 1.29 is 0 Å². The molecule has 60 valence electrons. The first-order chi connectivity index (χ1) is 5.29. The second-order valence-electron chi connectivity index (χ2n) is 2.49. The topological polar surface area (TPSA) is 27.3 Å². The number of nitrogens with one attached hydrogen (secondary N) is 2. The largest absolute Gasteiger partial charge is 0.379 e. The molecule has 0 aromatic rings. The van der Waals surface area contributed by atoms with E-state index in [9.17, 15) is 0 Å². The predicted molar refractivity (Wildman–Crippen MR) is 56.6 cm³/mol. The molecule has 5 heteroatoms. The molecule has 0 aromatic heterocycles. The molecule has 0 radical (unpaired) electrons. The molecule has 11 heavy (non-hydrogen) atoms. The third-order valence-electron chi connectivity index (χ3n) is 1.78. The third-order valence-corrected chi connectivity index (χ3v) is 3.21. The SMILES string of the molecule is PC1NC=C(I)N2C=CNC12. The van der Waals surface area contributed by atoms with Gasteiger partial charge in [0.15, 0.2) is 0 Å². The van der Waals surface area contributed by atoms with Crippen LogP contribution in [0.2, 0.25) is 0 Å². The van der Waals surface area contributed by atoms with Crippen LogP contribution in [-0.4, -0.2) is 16.8 Å². The average molecular weight is 281 g/mol. The summed E-state index contributed by atoms with van der Waals surface area (Å²) in [5, 5.41) is 6.51. The van der Waals surface area contributed by atoms with Crippen LogP contribution in [0, 0.1) is 0 Å². The second kappa shape index (κ2) is 2.83. The zero-order valence-electron chi connectivity index (χ0n) is 5.79. The van der Waals surface area contributed by atoms with Gasteiger partial charge in [0.2, 0.25) is 0 Å². The van der Waals surface area contributed by atoms with Crippen LogP contribution in [0.3, 0.4) is 0 Å². The molecule has 2 heterocycles.